The van der Waals surface area contributed by atoms with E-state index in [9.17, 15) is 14.7 Å². The van der Waals surface area contributed by atoms with Gasteiger partial charge in [0.1, 0.15) is 11.6 Å². The number of halogens is 1. The summed E-state index contributed by atoms with van der Waals surface area (Å²) < 4.78 is 21.0. The summed E-state index contributed by atoms with van der Waals surface area (Å²) in [7, 11) is 0. The second kappa shape index (κ2) is 10.6. The number of rotatable bonds is 8. The van der Waals surface area contributed by atoms with Crippen LogP contribution in [0.4, 0.5) is 10.1 Å². The van der Waals surface area contributed by atoms with E-state index in [-0.39, 0.29) is 34.4 Å². The topological polar surface area (TPSA) is 120 Å². The second-order valence-electron chi connectivity index (χ2n) is 9.82. The third kappa shape index (κ3) is 5.09. The highest BCUT2D eigenvalue weighted by Gasteiger charge is 2.45. The van der Waals surface area contributed by atoms with Crippen LogP contribution >= 0.6 is 0 Å². The van der Waals surface area contributed by atoms with Crippen molar-refractivity contribution in [2.45, 2.75) is 38.5 Å². The Bertz CT molecular complexity index is 1420. The van der Waals surface area contributed by atoms with Crippen LogP contribution in [-0.2, 0) is 4.79 Å². The molecule has 1 saturated heterocycles. The average molecular weight is 517 g/mol. The molecule has 0 bridgehead atoms. The van der Waals surface area contributed by atoms with Crippen LogP contribution in [0.3, 0.4) is 0 Å². The fourth-order valence-corrected chi connectivity index (χ4v) is 5.11. The summed E-state index contributed by atoms with van der Waals surface area (Å²) in [6.45, 7) is 3.08. The van der Waals surface area contributed by atoms with Gasteiger partial charge in [0.25, 0.3) is 5.91 Å². The van der Waals surface area contributed by atoms with Crippen molar-refractivity contribution in [3.63, 3.8) is 0 Å². The number of benzene rings is 2. The highest BCUT2D eigenvalue weighted by molar-refractivity contribution is 6.09. The minimum Gasteiger partial charge on any atom is -0.478 e. The molecule has 38 heavy (non-hydrogen) atoms. The average Bonchev–Trinajstić information content (AvgIpc) is 3.60. The fourth-order valence-electron chi connectivity index (χ4n) is 5.11. The van der Waals surface area contributed by atoms with Gasteiger partial charge in [0.2, 0.25) is 0 Å². The largest absolute Gasteiger partial charge is 0.478 e. The molecule has 196 valence electrons. The van der Waals surface area contributed by atoms with Crippen molar-refractivity contribution >= 4 is 23.8 Å². The van der Waals surface area contributed by atoms with Crippen molar-refractivity contribution in [2.24, 2.45) is 5.92 Å². The molecule has 5 rings (SSSR count). The number of carboxylic acid groups (broad SMARTS) is 1. The lowest BCUT2D eigenvalue weighted by atomic mass is 10.00. The molecule has 0 radical (unpaired) electrons. The summed E-state index contributed by atoms with van der Waals surface area (Å²) in [5, 5.41) is 24.6. The smallest absolute Gasteiger partial charge is 0.339 e. The number of hydrogen-bond donors (Lipinski definition) is 3. The van der Waals surface area contributed by atoms with Gasteiger partial charge in [-0.25, -0.2) is 9.18 Å². The van der Waals surface area contributed by atoms with Crippen LogP contribution in [0.15, 0.2) is 64.3 Å². The van der Waals surface area contributed by atoms with Crippen LogP contribution in [0.2, 0.25) is 0 Å². The van der Waals surface area contributed by atoms with E-state index in [0.717, 1.165) is 31.2 Å². The maximum absolute atomic E-state index is 15.6. The quantitative estimate of drug-likeness (QED) is 0.264. The first-order valence-corrected chi connectivity index (χ1v) is 12.7. The molecule has 2 heterocycles. The van der Waals surface area contributed by atoms with Gasteiger partial charge in [-0.05, 0) is 56.4 Å². The molecule has 2 aromatic carbocycles. The predicted molar refractivity (Wildman–Crippen MR) is 141 cm³/mol. The molecular weight excluding hydrogens is 487 g/mol. The lowest BCUT2D eigenvalue weighted by Gasteiger charge is -2.27. The van der Waals surface area contributed by atoms with Crippen LogP contribution in [0.25, 0.3) is 11.1 Å². The lowest BCUT2D eigenvalue weighted by Crippen LogP contribution is -2.36. The molecule has 8 nitrogen and oxygen atoms in total. The van der Waals surface area contributed by atoms with Crippen LogP contribution in [-0.4, -0.2) is 46.3 Å². The minimum absolute atomic E-state index is 0.0449. The van der Waals surface area contributed by atoms with Gasteiger partial charge in [-0.2, -0.15) is 0 Å². The van der Waals surface area contributed by atoms with Gasteiger partial charge in [0.15, 0.2) is 0 Å². The van der Waals surface area contributed by atoms with Gasteiger partial charge in [0.05, 0.1) is 16.8 Å². The molecule has 1 aromatic heterocycles. The number of nitrogens with one attached hydrogen (secondary N) is 2. The van der Waals surface area contributed by atoms with Crippen molar-refractivity contribution in [2.75, 3.05) is 18.4 Å². The molecule has 3 N–H and O–H groups in total. The van der Waals surface area contributed by atoms with E-state index in [1.807, 2.05) is 13.0 Å². The molecule has 1 aliphatic heterocycles. The van der Waals surface area contributed by atoms with E-state index < -0.39 is 11.8 Å². The Morgan fingerprint density at radius 3 is 2.61 bits per heavy atom. The molecular formula is C29H29FN4O4. The normalized spacial score (nSPS) is 19.5. The maximum Gasteiger partial charge on any atom is 0.339 e. The number of carboxylic acids is 1. The highest BCUT2D eigenvalue weighted by Crippen LogP contribution is 2.52. The van der Waals surface area contributed by atoms with Crippen molar-refractivity contribution < 1.29 is 23.6 Å². The summed E-state index contributed by atoms with van der Waals surface area (Å²) in [4.78, 5) is 26.6. The molecule has 0 spiro atoms. The monoisotopic (exact) mass is 516 g/mol. The third-order valence-corrected chi connectivity index (χ3v) is 7.16. The zero-order valence-corrected chi connectivity index (χ0v) is 21.0. The predicted octanol–water partition coefficient (Wildman–Crippen LogP) is 5.62. The fraction of sp³-hybridized carbons (Fsp3) is 0.310. The third-order valence-electron chi connectivity index (χ3n) is 7.16. The Morgan fingerprint density at radius 2 is 1.92 bits per heavy atom. The molecule has 1 amide bonds. The summed E-state index contributed by atoms with van der Waals surface area (Å²) in [6.07, 6.45) is 4.39. The molecule has 3 aromatic rings. The number of carbonyl (C=O) groups excluding carboxylic acids is 1. The summed E-state index contributed by atoms with van der Waals surface area (Å²) in [6, 6.07) is 13.6. The van der Waals surface area contributed by atoms with E-state index in [1.165, 1.54) is 6.07 Å². The molecule has 9 heteroatoms. The first-order valence-electron chi connectivity index (χ1n) is 12.7. The van der Waals surface area contributed by atoms with E-state index in [0.29, 0.717) is 42.2 Å². The standard InChI is InChI=1S/C29H29FN4O4/c1-17-13-25(38-33-17)22-15-23(22)27(24(16-31)29(36)37)32-19-8-5-7-18(14-19)20-9-6-10-21(26(20)30)28(35)34-11-3-2-4-12-34/h5-10,13-14,16,22-23,31-32H,2-4,11-12,15H2,1H3,(H,36,37)/b27-24+,31-16?/t22?,23-/m1/s1. The van der Waals surface area contributed by atoms with Crippen LogP contribution < -0.4 is 5.32 Å². The zero-order valence-electron chi connectivity index (χ0n) is 21.0. The van der Waals surface area contributed by atoms with E-state index >= 15 is 4.39 Å². The van der Waals surface area contributed by atoms with Gasteiger partial charge in [-0.1, -0.05) is 29.4 Å². The Labute approximate surface area is 219 Å². The lowest BCUT2D eigenvalue weighted by molar-refractivity contribution is -0.132. The maximum atomic E-state index is 15.6. The van der Waals surface area contributed by atoms with E-state index in [2.05, 4.69) is 10.5 Å². The van der Waals surface area contributed by atoms with Gasteiger partial charge < -0.3 is 25.3 Å². The number of allylic oxidation sites excluding steroid dienone is 1. The summed E-state index contributed by atoms with van der Waals surface area (Å²) >= 11 is 0. The second-order valence-corrected chi connectivity index (χ2v) is 9.82. The van der Waals surface area contributed by atoms with Gasteiger partial charge in [0, 0.05) is 54.2 Å². The van der Waals surface area contributed by atoms with Crippen LogP contribution in [0.5, 0.6) is 0 Å². The number of carbonyl (C=O) groups is 2. The molecule has 2 fully saturated rings. The number of aryl methyl sites for hydroxylation is 1. The number of aliphatic carboxylic acids is 1. The van der Waals surface area contributed by atoms with E-state index in [4.69, 9.17) is 9.93 Å². The number of piperidine rings is 1. The Balaban J connectivity index is 1.44. The number of likely N-dealkylation sites (tertiary alicyclic amines) is 1. The Kier molecular flexibility index (Phi) is 7.09. The van der Waals surface area contributed by atoms with Gasteiger partial charge in [-0.15, -0.1) is 0 Å². The summed E-state index contributed by atoms with van der Waals surface area (Å²) in [5.41, 5.74) is 2.40. The summed E-state index contributed by atoms with van der Waals surface area (Å²) in [5.74, 6) is -1.67. The number of nitrogens with zero attached hydrogens (tertiary/aromatic N) is 2. The van der Waals surface area contributed by atoms with Crippen molar-refractivity contribution in [3.8, 4) is 11.1 Å². The van der Waals surface area contributed by atoms with Crippen LogP contribution in [0, 0.1) is 24.1 Å². The number of amides is 1. The minimum atomic E-state index is -1.21. The van der Waals surface area contributed by atoms with Crippen molar-refractivity contribution in [1.29, 1.82) is 5.41 Å². The molecule has 1 aliphatic carbocycles. The number of anilines is 1. The van der Waals surface area contributed by atoms with Crippen molar-refractivity contribution in [1.82, 2.24) is 10.1 Å². The van der Waals surface area contributed by atoms with Gasteiger partial charge >= 0.3 is 5.97 Å². The first-order chi connectivity index (χ1) is 18.4. The molecule has 1 unspecified atom stereocenters. The van der Waals surface area contributed by atoms with Crippen LogP contribution in [0.1, 0.15) is 53.4 Å². The SMILES string of the molecule is Cc1cc(C2C[C@H]2/C(Nc2cccc(-c3cccc(C(=O)N4CCCCC4)c3F)c2)=C(/C=N)C(=O)O)on1. The first kappa shape index (κ1) is 25.4. The van der Waals surface area contributed by atoms with E-state index in [1.54, 1.807) is 41.3 Å². The molecule has 1 saturated carbocycles. The molecule has 2 aliphatic rings. The number of aromatic nitrogens is 1. The number of hydrogen-bond acceptors (Lipinski definition) is 6. The van der Waals surface area contributed by atoms with Gasteiger partial charge in [-0.3, -0.25) is 4.79 Å². The highest BCUT2D eigenvalue weighted by atomic mass is 19.1. The molecule has 2 atom stereocenters. The Morgan fingerprint density at radius 1 is 1.16 bits per heavy atom. The zero-order chi connectivity index (χ0) is 26.8. The Hall–Kier alpha value is -4.27. The van der Waals surface area contributed by atoms with Crippen molar-refractivity contribution in [3.05, 3.63) is 82.6 Å².